The average Bonchev–Trinajstić information content (AvgIpc) is 2.40. The van der Waals surface area contributed by atoms with E-state index in [-0.39, 0.29) is 0 Å². The van der Waals surface area contributed by atoms with E-state index in [1.807, 2.05) is 12.4 Å². The molecular formula is C15H22N2OS. The molecule has 1 spiro atoms. The molecule has 0 aromatic carbocycles. The molecule has 3 heterocycles. The first-order chi connectivity index (χ1) is 9.26. The number of ether oxygens (including phenoxy) is 1. The van der Waals surface area contributed by atoms with Crippen LogP contribution in [-0.2, 0) is 11.3 Å². The number of hydrogen-bond donors (Lipinski definition) is 0. The average molecular weight is 278 g/mol. The summed E-state index contributed by atoms with van der Waals surface area (Å²) in [6.45, 7) is 7.43. The Kier molecular flexibility index (Phi) is 4.10. The Balaban J connectivity index is 1.65. The predicted octanol–water partition coefficient (Wildman–Crippen LogP) is 2.49. The standard InChI is InChI=1S/C15H22N2OS/c1-13-8-14(10-16-9-13)11-17-4-7-19-15(12-17)2-5-18-6-3-15/h8-10H,2-7,11-12H2,1H3. The second-order valence-corrected chi connectivity index (χ2v) is 7.29. The summed E-state index contributed by atoms with van der Waals surface area (Å²) in [5.74, 6) is 1.25. The molecule has 104 valence electrons. The monoisotopic (exact) mass is 278 g/mol. The Labute approximate surface area is 119 Å². The van der Waals surface area contributed by atoms with E-state index in [1.54, 1.807) is 0 Å². The number of pyridine rings is 1. The molecule has 1 aromatic heterocycles. The van der Waals surface area contributed by atoms with Gasteiger partial charge in [0, 0.05) is 55.7 Å². The molecule has 3 rings (SSSR count). The minimum absolute atomic E-state index is 0.452. The highest BCUT2D eigenvalue weighted by Gasteiger charge is 2.37. The van der Waals surface area contributed by atoms with Crippen LogP contribution in [0.3, 0.4) is 0 Å². The van der Waals surface area contributed by atoms with Crippen molar-refractivity contribution in [2.24, 2.45) is 0 Å². The lowest BCUT2D eigenvalue weighted by atomic mass is 9.97. The van der Waals surface area contributed by atoms with Gasteiger partial charge in [-0.05, 0) is 30.9 Å². The van der Waals surface area contributed by atoms with Gasteiger partial charge in [-0.15, -0.1) is 0 Å². The van der Waals surface area contributed by atoms with Gasteiger partial charge in [-0.2, -0.15) is 11.8 Å². The zero-order valence-electron chi connectivity index (χ0n) is 11.6. The first kappa shape index (κ1) is 13.4. The van der Waals surface area contributed by atoms with Gasteiger partial charge >= 0.3 is 0 Å². The van der Waals surface area contributed by atoms with Crippen LogP contribution in [0.2, 0.25) is 0 Å². The molecular weight excluding hydrogens is 256 g/mol. The van der Waals surface area contributed by atoms with Gasteiger partial charge in [0.15, 0.2) is 0 Å². The Hall–Kier alpha value is -0.580. The molecule has 0 N–H and O–H groups in total. The number of nitrogens with zero attached hydrogens (tertiary/aromatic N) is 2. The van der Waals surface area contributed by atoms with Crippen LogP contribution in [0.15, 0.2) is 18.5 Å². The summed E-state index contributed by atoms with van der Waals surface area (Å²) < 4.78 is 5.98. The van der Waals surface area contributed by atoms with Crippen molar-refractivity contribution in [2.45, 2.75) is 31.1 Å². The summed E-state index contributed by atoms with van der Waals surface area (Å²) >= 11 is 2.17. The second-order valence-electron chi connectivity index (χ2n) is 5.73. The molecule has 0 unspecified atom stereocenters. The van der Waals surface area contributed by atoms with E-state index in [2.05, 4.69) is 34.6 Å². The third kappa shape index (κ3) is 3.30. The van der Waals surface area contributed by atoms with Crippen LogP contribution < -0.4 is 0 Å². The molecule has 0 bridgehead atoms. The van der Waals surface area contributed by atoms with E-state index >= 15 is 0 Å². The fourth-order valence-electron chi connectivity index (χ4n) is 3.07. The van der Waals surface area contributed by atoms with Gasteiger partial charge in [0.25, 0.3) is 0 Å². The molecule has 19 heavy (non-hydrogen) atoms. The molecule has 2 aliphatic rings. The van der Waals surface area contributed by atoms with Crippen LogP contribution in [-0.4, -0.2) is 46.7 Å². The van der Waals surface area contributed by atoms with Gasteiger partial charge in [-0.25, -0.2) is 0 Å². The fraction of sp³-hybridized carbons (Fsp3) is 0.667. The highest BCUT2D eigenvalue weighted by atomic mass is 32.2. The SMILES string of the molecule is Cc1cncc(CN2CCSC3(CCOCC3)C2)c1. The lowest BCUT2D eigenvalue weighted by Crippen LogP contribution is -2.49. The van der Waals surface area contributed by atoms with E-state index in [9.17, 15) is 0 Å². The van der Waals surface area contributed by atoms with Crippen LogP contribution in [0.25, 0.3) is 0 Å². The first-order valence-corrected chi connectivity index (χ1v) is 8.09. The van der Waals surface area contributed by atoms with Gasteiger partial charge in [0.2, 0.25) is 0 Å². The van der Waals surface area contributed by atoms with Crippen molar-refractivity contribution in [3.8, 4) is 0 Å². The predicted molar refractivity (Wildman–Crippen MR) is 79.5 cm³/mol. The molecule has 0 saturated carbocycles. The third-order valence-electron chi connectivity index (χ3n) is 4.07. The highest BCUT2D eigenvalue weighted by Crippen LogP contribution is 2.39. The van der Waals surface area contributed by atoms with Crippen molar-refractivity contribution in [1.82, 2.24) is 9.88 Å². The maximum Gasteiger partial charge on any atom is 0.0479 e. The number of hydrogen-bond acceptors (Lipinski definition) is 4. The van der Waals surface area contributed by atoms with Gasteiger partial charge in [0.05, 0.1) is 0 Å². The molecule has 0 aliphatic carbocycles. The molecule has 3 nitrogen and oxygen atoms in total. The Morgan fingerprint density at radius 3 is 3.00 bits per heavy atom. The van der Waals surface area contributed by atoms with Crippen LogP contribution >= 0.6 is 11.8 Å². The highest BCUT2D eigenvalue weighted by molar-refractivity contribution is 8.00. The summed E-state index contributed by atoms with van der Waals surface area (Å²) in [5, 5.41) is 0. The maximum absolute atomic E-state index is 5.52. The van der Waals surface area contributed by atoms with Crippen LogP contribution in [0.1, 0.15) is 24.0 Å². The van der Waals surface area contributed by atoms with E-state index in [0.29, 0.717) is 4.75 Å². The van der Waals surface area contributed by atoms with E-state index in [4.69, 9.17) is 4.74 Å². The van der Waals surface area contributed by atoms with Crippen LogP contribution in [0.5, 0.6) is 0 Å². The molecule has 0 amide bonds. The van der Waals surface area contributed by atoms with Crippen LogP contribution in [0, 0.1) is 6.92 Å². The second kappa shape index (κ2) is 5.81. The normalized spacial score (nSPS) is 23.6. The largest absolute Gasteiger partial charge is 0.381 e. The number of rotatable bonds is 2. The lowest BCUT2D eigenvalue weighted by Gasteiger charge is -2.44. The zero-order chi connectivity index (χ0) is 13.1. The van der Waals surface area contributed by atoms with Crippen molar-refractivity contribution in [2.75, 3.05) is 32.1 Å². The van der Waals surface area contributed by atoms with Crippen LogP contribution in [0.4, 0.5) is 0 Å². The fourth-order valence-corrected chi connectivity index (χ4v) is 4.58. The Morgan fingerprint density at radius 2 is 2.21 bits per heavy atom. The Bertz CT molecular complexity index is 426. The lowest BCUT2D eigenvalue weighted by molar-refractivity contribution is 0.0625. The molecule has 2 aliphatic heterocycles. The molecule has 1 aromatic rings. The maximum atomic E-state index is 5.52. The molecule has 2 fully saturated rings. The number of aromatic nitrogens is 1. The summed E-state index contributed by atoms with van der Waals surface area (Å²) in [6.07, 6.45) is 6.35. The van der Waals surface area contributed by atoms with E-state index in [0.717, 1.165) is 19.8 Å². The topological polar surface area (TPSA) is 25.4 Å². The van der Waals surface area contributed by atoms with Gasteiger partial charge in [-0.3, -0.25) is 9.88 Å². The summed E-state index contributed by atoms with van der Waals surface area (Å²) in [5.41, 5.74) is 2.60. The zero-order valence-corrected chi connectivity index (χ0v) is 12.4. The molecule has 4 heteroatoms. The smallest absolute Gasteiger partial charge is 0.0479 e. The van der Waals surface area contributed by atoms with Gasteiger partial charge in [0.1, 0.15) is 0 Å². The molecule has 0 radical (unpaired) electrons. The number of aryl methyl sites for hydroxylation is 1. The summed E-state index contributed by atoms with van der Waals surface area (Å²) in [7, 11) is 0. The van der Waals surface area contributed by atoms with Crippen molar-refractivity contribution in [3.63, 3.8) is 0 Å². The summed E-state index contributed by atoms with van der Waals surface area (Å²) in [4.78, 5) is 6.90. The molecule has 0 atom stereocenters. The van der Waals surface area contributed by atoms with Crippen molar-refractivity contribution in [3.05, 3.63) is 29.6 Å². The van der Waals surface area contributed by atoms with Gasteiger partial charge in [-0.1, -0.05) is 6.07 Å². The van der Waals surface area contributed by atoms with E-state index in [1.165, 1.54) is 42.8 Å². The Morgan fingerprint density at radius 1 is 1.37 bits per heavy atom. The van der Waals surface area contributed by atoms with Crippen molar-refractivity contribution in [1.29, 1.82) is 0 Å². The first-order valence-electron chi connectivity index (χ1n) is 7.10. The molecule has 2 saturated heterocycles. The third-order valence-corrected chi connectivity index (χ3v) is 5.61. The summed E-state index contributed by atoms with van der Waals surface area (Å²) in [6, 6.07) is 2.26. The van der Waals surface area contributed by atoms with Crippen molar-refractivity contribution >= 4 is 11.8 Å². The number of thioether (sulfide) groups is 1. The minimum atomic E-state index is 0.452. The quantitative estimate of drug-likeness (QED) is 0.830. The van der Waals surface area contributed by atoms with Crippen molar-refractivity contribution < 1.29 is 4.74 Å². The van der Waals surface area contributed by atoms with Gasteiger partial charge < -0.3 is 4.74 Å². The minimum Gasteiger partial charge on any atom is -0.381 e. The van der Waals surface area contributed by atoms with E-state index < -0.39 is 0 Å².